The van der Waals surface area contributed by atoms with Gasteiger partial charge in [0.15, 0.2) is 11.6 Å². The van der Waals surface area contributed by atoms with Gasteiger partial charge in [0.2, 0.25) is 0 Å². The minimum Gasteiger partial charge on any atom is -0.489 e. The predicted molar refractivity (Wildman–Crippen MR) is 102 cm³/mol. The van der Waals surface area contributed by atoms with Crippen LogP contribution in [0.3, 0.4) is 0 Å². The van der Waals surface area contributed by atoms with Crippen LogP contribution in [0, 0.1) is 24.6 Å². The first kappa shape index (κ1) is 18.3. The maximum atomic E-state index is 14.6. The van der Waals surface area contributed by atoms with Crippen molar-refractivity contribution in [2.75, 3.05) is 11.9 Å². The molecule has 3 aromatic rings. The molecular weight excluding hydrogens is 345 g/mol. The molecule has 6 heteroatoms. The summed E-state index contributed by atoms with van der Waals surface area (Å²) in [6.45, 7) is 3.77. The molecule has 2 heterocycles. The fraction of sp³-hybridized carbons (Fsp3) is 0.190. The lowest BCUT2D eigenvalue weighted by Crippen LogP contribution is -2.16. The first-order chi connectivity index (χ1) is 13.1. The fourth-order valence-corrected chi connectivity index (χ4v) is 2.56. The molecule has 0 aliphatic heterocycles. The second-order valence-corrected chi connectivity index (χ2v) is 5.79. The SMILES string of the molecule is CC#CCCOc1cccc(NC(=O)c2nc3cccnc3cc2C)c1F. The Morgan fingerprint density at radius 1 is 1.26 bits per heavy atom. The Labute approximate surface area is 156 Å². The summed E-state index contributed by atoms with van der Waals surface area (Å²) in [7, 11) is 0. The number of fused-ring (bicyclic) bond motifs is 1. The average Bonchev–Trinajstić information content (AvgIpc) is 2.67. The van der Waals surface area contributed by atoms with E-state index in [4.69, 9.17) is 4.74 Å². The third-order valence-corrected chi connectivity index (χ3v) is 3.86. The van der Waals surface area contributed by atoms with Crippen LogP contribution in [0.5, 0.6) is 5.75 Å². The number of hydrogen-bond donors (Lipinski definition) is 1. The molecule has 0 bridgehead atoms. The molecule has 27 heavy (non-hydrogen) atoms. The number of nitrogens with zero attached hydrogens (tertiary/aromatic N) is 2. The molecule has 0 aliphatic rings. The van der Waals surface area contributed by atoms with Gasteiger partial charge >= 0.3 is 0 Å². The van der Waals surface area contributed by atoms with E-state index in [9.17, 15) is 9.18 Å². The highest BCUT2D eigenvalue weighted by Crippen LogP contribution is 2.25. The number of nitrogens with one attached hydrogen (secondary N) is 1. The van der Waals surface area contributed by atoms with E-state index in [0.29, 0.717) is 23.0 Å². The van der Waals surface area contributed by atoms with Gasteiger partial charge in [0, 0.05) is 12.6 Å². The Balaban J connectivity index is 1.81. The minimum atomic E-state index is -0.629. The van der Waals surface area contributed by atoms with Crippen LogP contribution >= 0.6 is 0 Å². The zero-order valence-corrected chi connectivity index (χ0v) is 15.0. The van der Waals surface area contributed by atoms with Crippen molar-refractivity contribution in [1.29, 1.82) is 0 Å². The second kappa shape index (κ2) is 8.28. The average molecular weight is 363 g/mol. The van der Waals surface area contributed by atoms with Gasteiger partial charge in [-0.25, -0.2) is 9.37 Å². The first-order valence-electron chi connectivity index (χ1n) is 8.45. The molecule has 0 unspecified atom stereocenters. The van der Waals surface area contributed by atoms with Crippen molar-refractivity contribution in [3.05, 3.63) is 59.7 Å². The number of ether oxygens (including phenoxy) is 1. The fourth-order valence-electron chi connectivity index (χ4n) is 2.56. The van der Waals surface area contributed by atoms with Crippen LogP contribution in [-0.2, 0) is 0 Å². The van der Waals surface area contributed by atoms with E-state index in [1.165, 1.54) is 12.1 Å². The molecule has 5 nitrogen and oxygen atoms in total. The van der Waals surface area contributed by atoms with Crippen LogP contribution in [-0.4, -0.2) is 22.5 Å². The van der Waals surface area contributed by atoms with Gasteiger partial charge in [-0.05, 0) is 49.7 Å². The van der Waals surface area contributed by atoms with E-state index in [2.05, 4.69) is 27.1 Å². The highest BCUT2D eigenvalue weighted by atomic mass is 19.1. The van der Waals surface area contributed by atoms with Gasteiger partial charge in [-0.1, -0.05) is 6.07 Å². The number of rotatable bonds is 5. The lowest BCUT2D eigenvalue weighted by molar-refractivity contribution is 0.102. The molecule has 1 N–H and O–H groups in total. The molecule has 1 amide bonds. The number of anilines is 1. The third-order valence-electron chi connectivity index (χ3n) is 3.86. The molecule has 0 saturated carbocycles. The lowest BCUT2D eigenvalue weighted by Gasteiger charge is -2.11. The van der Waals surface area contributed by atoms with E-state index < -0.39 is 11.7 Å². The van der Waals surface area contributed by atoms with Crippen LogP contribution < -0.4 is 10.1 Å². The number of carbonyl (C=O) groups excluding carboxylic acids is 1. The van der Waals surface area contributed by atoms with E-state index in [-0.39, 0.29) is 23.7 Å². The number of halogens is 1. The lowest BCUT2D eigenvalue weighted by atomic mass is 10.1. The van der Waals surface area contributed by atoms with Crippen LogP contribution in [0.15, 0.2) is 42.6 Å². The quantitative estimate of drug-likeness (QED) is 0.547. The summed E-state index contributed by atoms with van der Waals surface area (Å²) in [4.78, 5) is 21.2. The largest absolute Gasteiger partial charge is 0.489 e. The Hall–Kier alpha value is -3.46. The van der Waals surface area contributed by atoms with E-state index in [1.54, 1.807) is 44.3 Å². The Kier molecular flexibility index (Phi) is 5.62. The Morgan fingerprint density at radius 2 is 2.11 bits per heavy atom. The minimum absolute atomic E-state index is 0.0339. The molecule has 1 aromatic carbocycles. The second-order valence-electron chi connectivity index (χ2n) is 5.79. The first-order valence-corrected chi connectivity index (χ1v) is 8.45. The summed E-state index contributed by atoms with van der Waals surface area (Å²) in [5.74, 6) is 4.54. The number of carbonyl (C=O) groups is 1. The molecule has 0 atom stereocenters. The number of amides is 1. The van der Waals surface area contributed by atoms with Crippen molar-refractivity contribution in [2.45, 2.75) is 20.3 Å². The number of pyridine rings is 2. The molecule has 0 fully saturated rings. The van der Waals surface area contributed by atoms with Crippen LogP contribution in [0.4, 0.5) is 10.1 Å². The third kappa shape index (κ3) is 4.21. The van der Waals surface area contributed by atoms with Gasteiger partial charge in [0.25, 0.3) is 5.91 Å². The van der Waals surface area contributed by atoms with Gasteiger partial charge in [0.05, 0.1) is 23.3 Å². The number of aromatic nitrogens is 2. The van der Waals surface area contributed by atoms with Crippen molar-refractivity contribution >= 4 is 22.6 Å². The van der Waals surface area contributed by atoms with Crippen LogP contribution in [0.2, 0.25) is 0 Å². The van der Waals surface area contributed by atoms with Gasteiger partial charge < -0.3 is 10.1 Å². The summed E-state index contributed by atoms with van der Waals surface area (Å²) in [6, 6.07) is 9.90. The number of benzene rings is 1. The van der Waals surface area contributed by atoms with Crippen LogP contribution in [0.1, 0.15) is 29.4 Å². The van der Waals surface area contributed by atoms with Gasteiger partial charge in [-0.2, -0.15) is 0 Å². The highest BCUT2D eigenvalue weighted by molar-refractivity contribution is 6.05. The standard InChI is InChI=1S/C21H18FN3O2/c1-3-4-5-12-27-18-10-6-8-16(19(18)22)25-21(26)20-14(2)13-17-15(24-20)9-7-11-23-17/h6-11,13H,5,12H2,1-2H3,(H,25,26). The predicted octanol–water partition coefficient (Wildman–Crippen LogP) is 4.12. The molecule has 0 aliphatic carbocycles. The summed E-state index contributed by atoms with van der Waals surface area (Å²) < 4.78 is 20.0. The number of hydrogen-bond acceptors (Lipinski definition) is 4. The van der Waals surface area contributed by atoms with Gasteiger partial charge in [0.1, 0.15) is 5.69 Å². The Bertz CT molecular complexity index is 1050. The van der Waals surface area contributed by atoms with E-state index >= 15 is 0 Å². The number of aryl methyl sites for hydroxylation is 1. The molecular formula is C21H18FN3O2. The van der Waals surface area contributed by atoms with Crippen molar-refractivity contribution in [2.24, 2.45) is 0 Å². The summed E-state index contributed by atoms with van der Waals surface area (Å²) in [6.07, 6.45) is 2.16. The molecule has 136 valence electrons. The zero-order valence-electron chi connectivity index (χ0n) is 15.0. The zero-order chi connectivity index (χ0) is 19.2. The summed E-state index contributed by atoms with van der Waals surface area (Å²) in [5, 5.41) is 2.57. The van der Waals surface area contributed by atoms with Crippen molar-refractivity contribution in [3.8, 4) is 17.6 Å². The van der Waals surface area contributed by atoms with Gasteiger partial charge in [-0.3, -0.25) is 9.78 Å². The van der Waals surface area contributed by atoms with Crippen molar-refractivity contribution in [3.63, 3.8) is 0 Å². The summed E-state index contributed by atoms with van der Waals surface area (Å²) in [5.41, 5.74) is 2.21. The Morgan fingerprint density at radius 3 is 2.93 bits per heavy atom. The van der Waals surface area contributed by atoms with E-state index in [1.807, 2.05) is 0 Å². The molecule has 2 aromatic heterocycles. The molecule has 0 saturated heterocycles. The van der Waals surface area contributed by atoms with Crippen molar-refractivity contribution < 1.29 is 13.9 Å². The van der Waals surface area contributed by atoms with Crippen LogP contribution in [0.25, 0.3) is 11.0 Å². The van der Waals surface area contributed by atoms with Crippen molar-refractivity contribution in [1.82, 2.24) is 9.97 Å². The molecule has 0 spiro atoms. The highest BCUT2D eigenvalue weighted by Gasteiger charge is 2.16. The van der Waals surface area contributed by atoms with E-state index in [0.717, 1.165) is 0 Å². The maximum Gasteiger partial charge on any atom is 0.274 e. The molecule has 3 rings (SSSR count). The van der Waals surface area contributed by atoms with Gasteiger partial charge in [-0.15, -0.1) is 11.8 Å². The normalized spacial score (nSPS) is 10.2. The molecule has 0 radical (unpaired) electrons. The maximum absolute atomic E-state index is 14.6. The topological polar surface area (TPSA) is 64.1 Å². The smallest absolute Gasteiger partial charge is 0.274 e. The summed E-state index contributed by atoms with van der Waals surface area (Å²) >= 11 is 0. The monoisotopic (exact) mass is 363 g/mol.